The van der Waals surface area contributed by atoms with Crippen molar-refractivity contribution in [1.82, 2.24) is 4.98 Å². The molecule has 5 heteroatoms. The molecule has 0 saturated carbocycles. The van der Waals surface area contributed by atoms with Crippen LogP contribution in [-0.4, -0.2) is 9.97 Å². The zero-order chi connectivity index (χ0) is 15.0. The number of halogens is 1. The zero-order valence-electron chi connectivity index (χ0n) is 11.7. The number of aromatic nitrogens is 1. The third-order valence-corrected chi connectivity index (χ3v) is 4.38. The Morgan fingerprint density at radius 1 is 1.33 bits per heavy atom. The number of pyridine rings is 1. The van der Waals surface area contributed by atoms with E-state index in [0.29, 0.717) is 10.8 Å². The first-order chi connectivity index (χ1) is 10.0. The highest BCUT2D eigenvalue weighted by atomic mass is 35.5. The molecule has 0 amide bonds. The van der Waals surface area contributed by atoms with Crippen molar-refractivity contribution < 1.29 is 0 Å². The number of hydrogen-bond donors (Lipinski definition) is 2. The van der Waals surface area contributed by atoms with Gasteiger partial charge < -0.3 is 11.1 Å². The van der Waals surface area contributed by atoms with Gasteiger partial charge in [-0.25, -0.2) is 4.98 Å². The van der Waals surface area contributed by atoms with Crippen LogP contribution in [0, 0.1) is 6.92 Å². The van der Waals surface area contributed by atoms with Crippen molar-refractivity contribution in [3.63, 3.8) is 0 Å². The van der Waals surface area contributed by atoms with Gasteiger partial charge in [0.25, 0.3) is 0 Å². The normalized spacial score (nSPS) is 13.0. The van der Waals surface area contributed by atoms with Gasteiger partial charge in [-0.2, -0.15) is 0 Å². The Morgan fingerprint density at radius 3 is 2.86 bits per heavy atom. The van der Waals surface area contributed by atoms with E-state index in [0.717, 1.165) is 46.8 Å². The van der Waals surface area contributed by atoms with E-state index in [4.69, 9.17) is 34.5 Å². The maximum Gasteiger partial charge on any atom is 0.140 e. The molecule has 3 rings (SSSR count). The first-order valence-electron chi connectivity index (χ1n) is 6.90. The van der Waals surface area contributed by atoms with Crippen LogP contribution in [0.1, 0.15) is 28.8 Å². The second-order valence-corrected chi connectivity index (χ2v) is 6.14. The van der Waals surface area contributed by atoms with Gasteiger partial charge in [-0.1, -0.05) is 29.9 Å². The first kappa shape index (κ1) is 14.3. The summed E-state index contributed by atoms with van der Waals surface area (Å²) >= 11 is 11.3. The summed E-state index contributed by atoms with van der Waals surface area (Å²) < 4.78 is 0. The van der Waals surface area contributed by atoms with Crippen LogP contribution in [0.4, 0.5) is 11.5 Å². The molecule has 0 saturated heterocycles. The van der Waals surface area contributed by atoms with Crippen molar-refractivity contribution in [2.24, 2.45) is 5.73 Å². The Hall–Kier alpha value is -1.65. The smallest absolute Gasteiger partial charge is 0.140 e. The van der Waals surface area contributed by atoms with Crippen molar-refractivity contribution in [3.05, 3.63) is 51.7 Å². The van der Waals surface area contributed by atoms with Gasteiger partial charge in [-0.3, -0.25) is 0 Å². The largest absolute Gasteiger partial charge is 0.389 e. The highest BCUT2D eigenvalue weighted by Crippen LogP contribution is 2.28. The summed E-state index contributed by atoms with van der Waals surface area (Å²) in [5, 5.41) is 4.01. The molecule has 0 radical (unpaired) electrons. The molecule has 21 heavy (non-hydrogen) atoms. The summed E-state index contributed by atoms with van der Waals surface area (Å²) in [4.78, 5) is 5.06. The second-order valence-electron chi connectivity index (χ2n) is 5.30. The van der Waals surface area contributed by atoms with E-state index in [2.05, 4.69) is 11.4 Å². The van der Waals surface area contributed by atoms with Crippen LogP contribution in [0.2, 0.25) is 5.02 Å². The highest BCUT2D eigenvalue weighted by molar-refractivity contribution is 7.80. The molecular weight excluding hydrogens is 302 g/mol. The van der Waals surface area contributed by atoms with E-state index in [-0.39, 0.29) is 0 Å². The molecular formula is C16H16ClN3S. The molecule has 3 nitrogen and oxygen atoms in total. The molecule has 0 spiro atoms. The maximum absolute atomic E-state index is 6.17. The summed E-state index contributed by atoms with van der Waals surface area (Å²) in [6, 6.07) is 7.89. The number of benzene rings is 1. The lowest BCUT2D eigenvalue weighted by atomic mass is 10.1. The van der Waals surface area contributed by atoms with Gasteiger partial charge in [0.15, 0.2) is 0 Å². The standard InChI is InChI=1S/C16H16ClN3S/c1-9-5-6-11(8-13(9)17)19-16-12(15(18)21)7-10-3-2-4-14(10)20-16/h5-8H,2-4H2,1H3,(H2,18,21)(H,19,20). The van der Waals surface area contributed by atoms with Crippen molar-refractivity contribution in [1.29, 1.82) is 0 Å². The van der Waals surface area contributed by atoms with Gasteiger partial charge in [0, 0.05) is 16.4 Å². The Bertz CT molecular complexity index is 728. The molecule has 0 atom stereocenters. The van der Waals surface area contributed by atoms with Crippen molar-refractivity contribution in [2.45, 2.75) is 26.2 Å². The fourth-order valence-corrected chi connectivity index (χ4v) is 2.90. The van der Waals surface area contributed by atoms with Crippen molar-refractivity contribution >= 4 is 40.3 Å². The Morgan fingerprint density at radius 2 is 2.14 bits per heavy atom. The van der Waals surface area contributed by atoms with Crippen LogP contribution in [0.25, 0.3) is 0 Å². The number of thiocarbonyl (C=S) groups is 1. The lowest BCUT2D eigenvalue weighted by Gasteiger charge is -2.13. The van der Waals surface area contributed by atoms with Gasteiger partial charge in [-0.05, 0) is 55.5 Å². The van der Waals surface area contributed by atoms with Crippen LogP contribution in [-0.2, 0) is 12.8 Å². The van der Waals surface area contributed by atoms with E-state index in [1.54, 1.807) is 0 Å². The molecule has 2 aromatic rings. The predicted molar refractivity (Wildman–Crippen MR) is 91.6 cm³/mol. The molecule has 1 heterocycles. The van der Waals surface area contributed by atoms with Crippen LogP contribution in [0.15, 0.2) is 24.3 Å². The average Bonchev–Trinajstić information content (AvgIpc) is 2.89. The van der Waals surface area contributed by atoms with Gasteiger partial charge in [0.05, 0.1) is 5.56 Å². The van der Waals surface area contributed by atoms with Gasteiger partial charge in [0.2, 0.25) is 0 Å². The molecule has 0 fully saturated rings. The van der Waals surface area contributed by atoms with Crippen LogP contribution < -0.4 is 11.1 Å². The predicted octanol–water partition coefficient (Wildman–Crippen LogP) is 3.91. The minimum absolute atomic E-state index is 0.359. The SMILES string of the molecule is Cc1ccc(Nc2nc3c(cc2C(N)=S)CCC3)cc1Cl. The van der Waals surface area contributed by atoms with E-state index in [1.807, 2.05) is 25.1 Å². The Kier molecular flexibility index (Phi) is 3.83. The molecule has 1 aliphatic carbocycles. The van der Waals surface area contributed by atoms with E-state index in [1.165, 1.54) is 5.56 Å². The lowest BCUT2D eigenvalue weighted by Crippen LogP contribution is -2.14. The van der Waals surface area contributed by atoms with E-state index in [9.17, 15) is 0 Å². The number of anilines is 2. The number of nitrogens with zero attached hydrogens (tertiary/aromatic N) is 1. The molecule has 3 N–H and O–H groups in total. The quantitative estimate of drug-likeness (QED) is 0.843. The molecule has 1 aromatic heterocycles. The minimum atomic E-state index is 0.359. The molecule has 0 aliphatic heterocycles. The number of aryl methyl sites for hydroxylation is 3. The highest BCUT2D eigenvalue weighted by Gasteiger charge is 2.17. The van der Waals surface area contributed by atoms with E-state index >= 15 is 0 Å². The monoisotopic (exact) mass is 317 g/mol. The second kappa shape index (κ2) is 5.62. The van der Waals surface area contributed by atoms with Crippen LogP contribution in [0.3, 0.4) is 0 Å². The summed E-state index contributed by atoms with van der Waals surface area (Å²) in [5.41, 5.74) is 10.9. The fourth-order valence-electron chi connectivity index (χ4n) is 2.56. The minimum Gasteiger partial charge on any atom is -0.389 e. The maximum atomic E-state index is 6.17. The topological polar surface area (TPSA) is 50.9 Å². The number of nitrogens with one attached hydrogen (secondary N) is 1. The number of hydrogen-bond acceptors (Lipinski definition) is 3. The van der Waals surface area contributed by atoms with E-state index < -0.39 is 0 Å². The summed E-state index contributed by atoms with van der Waals surface area (Å²) in [5.74, 6) is 0.711. The lowest BCUT2D eigenvalue weighted by molar-refractivity contribution is 0.900. The fraction of sp³-hybridized carbons (Fsp3) is 0.250. The number of fused-ring (bicyclic) bond motifs is 1. The van der Waals surface area contributed by atoms with Gasteiger partial charge in [0.1, 0.15) is 10.8 Å². The molecule has 108 valence electrons. The molecule has 0 unspecified atom stereocenters. The summed E-state index contributed by atoms with van der Waals surface area (Å²) in [6.45, 7) is 1.97. The third kappa shape index (κ3) is 2.87. The van der Waals surface area contributed by atoms with Crippen LogP contribution >= 0.6 is 23.8 Å². The van der Waals surface area contributed by atoms with Crippen LogP contribution in [0.5, 0.6) is 0 Å². The Balaban J connectivity index is 2.01. The Labute approximate surface area is 134 Å². The third-order valence-electron chi connectivity index (χ3n) is 3.75. The summed E-state index contributed by atoms with van der Waals surface area (Å²) in [7, 11) is 0. The first-order valence-corrected chi connectivity index (χ1v) is 7.69. The van der Waals surface area contributed by atoms with Crippen molar-refractivity contribution in [2.75, 3.05) is 5.32 Å². The average molecular weight is 318 g/mol. The number of nitrogens with two attached hydrogens (primary N) is 1. The van der Waals surface area contributed by atoms with Gasteiger partial charge >= 0.3 is 0 Å². The molecule has 1 aromatic carbocycles. The molecule has 1 aliphatic rings. The van der Waals surface area contributed by atoms with Gasteiger partial charge in [-0.15, -0.1) is 0 Å². The summed E-state index contributed by atoms with van der Waals surface area (Å²) in [6.07, 6.45) is 3.20. The number of rotatable bonds is 3. The zero-order valence-corrected chi connectivity index (χ0v) is 13.3. The molecule has 0 bridgehead atoms. The van der Waals surface area contributed by atoms with Crippen molar-refractivity contribution in [3.8, 4) is 0 Å².